The number of benzene rings is 1. The summed E-state index contributed by atoms with van der Waals surface area (Å²) in [5, 5.41) is 4.69. The number of rotatable bonds is 4. The maximum Gasteiger partial charge on any atom is 0.244 e. The topological polar surface area (TPSA) is 58.1 Å². The molecule has 0 fully saturated rings. The van der Waals surface area contributed by atoms with Gasteiger partial charge >= 0.3 is 0 Å². The Morgan fingerprint density at radius 2 is 2.04 bits per heavy atom. The molecule has 0 unspecified atom stereocenters. The number of thiophene rings is 1. The highest BCUT2D eigenvalue weighted by molar-refractivity contribution is 7.19. The lowest BCUT2D eigenvalue weighted by molar-refractivity contribution is -0.114. The smallest absolute Gasteiger partial charge is 0.244 e. The number of fused-ring (bicyclic) bond motifs is 3. The molecule has 1 N–H and O–H groups in total. The number of carbonyl (C=O) groups excluding carboxylic acids is 1. The summed E-state index contributed by atoms with van der Waals surface area (Å²) in [4.78, 5) is 25.6. The molecule has 0 bridgehead atoms. The number of para-hydroxylation sites is 1. The van der Waals surface area contributed by atoms with Crippen molar-refractivity contribution in [1.82, 2.24) is 9.97 Å². The van der Waals surface area contributed by atoms with Crippen LogP contribution in [0.5, 0.6) is 0 Å². The fraction of sp³-hybridized carbons (Fsp3) is 0.278. The predicted molar refractivity (Wildman–Crippen MR) is 108 cm³/mol. The Kier molecular flexibility index (Phi) is 4.73. The number of nitrogens with zero attached hydrogens (tertiary/aromatic N) is 3. The molecular weight excluding hydrogens is 391 g/mol. The number of amides is 1. The zero-order chi connectivity index (χ0) is 18.3. The molecule has 2 heterocycles. The number of aryl methyl sites for hydroxylation is 2. The minimum atomic E-state index is -0.207. The van der Waals surface area contributed by atoms with Gasteiger partial charge in [-0.25, -0.2) is 9.97 Å². The molecule has 0 radical (unpaired) electrons. The van der Waals surface area contributed by atoms with Crippen molar-refractivity contribution in [3.8, 4) is 0 Å². The monoisotopic (exact) mass is 406 g/mol. The van der Waals surface area contributed by atoms with Gasteiger partial charge < -0.3 is 10.2 Å². The van der Waals surface area contributed by atoms with Gasteiger partial charge in [-0.2, -0.15) is 0 Å². The molecule has 26 heavy (non-hydrogen) atoms. The van der Waals surface area contributed by atoms with Gasteiger partial charge in [0.25, 0.3) is 0 Å². The predicted octanol–water partition coefficient (Wildman–Crippen LogP) is 4.56. The highest BCUT2D eigenvalue weighted by Gasteiger charge is 2.23. The molecule has 0 spiro atoms. The van der Waals surface area contributed by atoms with Crippen LogP contribution in [0, 0.1) is 0 Å². The van der Waals surface area contributed by atoms with E-state index in [1.165, 1.54) is 16.9 Å². The lowest BCUT2D eigenvalue weighted by Gasteiger charge is -2.19. The fourth-order valence-electron chi connectivity index (χ4n) is 3.29. The van der Waals surface area contributed by atoms with Crippen molar-refractivity contribution in [3.63, 3.8) is 0 Å². The van der Waals surface area contributed by atoms with Crippen LogP contribution < -0.4 is 10.2 Å². The number of carbonyl (C=O) groups is 1. The Morgan fingerprint density at radius 1 is 1.27 bits per heavy atom. The highest BCUT2D eigenvalue weighted by Crippen LogP contribution is 2.39. The first kappa shape index (κ1) is 17.5. The van der Waals surface area contributed by atoms with E-state index in [2.05, 4.69) is 15.3 Å². The zero-order valence-corrected chi connectivity index (χ0v) is 16.4. The van der Waals surface area contributed by atoms with Gasteiger partial charge in [0, 0.05) is 11.9 Å². The number of likely N-dealkylation sites (N-methyl/N-ethyl adjacent to an activating group) is 1. The Labute approximate surface area is 165 Å². The van der Waals surface area contributed by atoms with Gasteiger partial charge in [-0.1, -0.05) is 29.3 Å². The maximum atomic E-state index is 12.5. The Balaban J connectivity index is 1.58. The van der Waals surface area contributed by atoms with Gasteiger partial charge in [0.1, 0.15) is 17.0 Å². The normalized spacial score (nSPS) is 13.0. The van der Waals surface area contributed by atoms with Gasteiger partial charge in [0.15, 0.2) is 0 Å². The summed E-state index contributed by atoms with van der Waals surface area (Å²) >= 11 is 14.0. The third-order valence-electron chi connectivity index (χ3n) is 4.45. The summed E-state index contributed by atoms with van der Waals surface area (Å²) in [5.41, 5.74) is 1.76. The van der Waals surface area contributed by atoms with Gasteiger partial charge in [-0.15, -0.1) is 11.3 Å². The zero-order valence-electron chi connectivity index (χ0n) is 14.1. The van der Waals surface area contributed by atoms with E-state index in [-0.39, 0.29) is 12.5 Å². The Morgan fingerprint density at radius 3 is 2.81 bits per heavy atom. The third kappa shape index (κ3) is 3.13. The summed E-state index contributed by atoms with van der Waals surface area (Å²) in [5.74, 6) is 0.580. The van der Waals surface area contributed by atoms with E-state index in [1.54, 1.807) is 35.9 Å². The molecular formula is C18H16Cl2N4OS. The molecule has 2 aromatic heterocycles. The van der Waals surface area contributed by atoms with E-state index in [9.17, 15) is 4.79 Å². The first-order valence-corrected chi connectivity index (χ1v) is 9.82. The number of nitrogens with one attached hydrogen (secondary N) is 1. The van der Waals surface area contributed by atoms with Crippen LogP contribution in [-0.2, 0) is 17.6 Å². The van der Waals surface area contributed by atoms with Crippen molar-refractivity contribution >= 4 is 62.2 Å². The first-order chi connectivity index (χ1) is 12.5. The average Bonchev–Trinajstić information content (AvgIpc) is 3.18. The first-order valence-electron chi connectivity index (χ1n) is 8.25. The van der Waals surface area contributed by atoms with E-state index < -0.39 is 0 Å². The van der Waals surface area contributed by atoms with Gasteiger partial charge in [0.2, 0.25) is 5.91 Å². The summed E-state index contributed by atoms with van der Waals surface area (Å²) in [7, 11) is 1.86. The van der Waals surface area contributed by atoms with Crippen molar-refractivity contribution in [2.24, 2.45) is 0 Å². The lowest BCUT2D eigenvalue weighted by Crippen LogP contribution is -2.31. The molecule has 5 nitrogen and oxygen atoms in total. The molecule has 0 aliphatic heterocycles. The number of anilines is 2. The molecule has 4 rings (SSSR count). The Bertz CT molecular complexity index is 984. The van der Waals surface area contributed by atoms with Gasteiger partial charge in [-0.05, 0) is 37.0 Å². The van der Waals surface area contributed by atoms with Crippen LogP contribution in [0.2, 0.25) is 10.0 Å². The molecule has 134 valence electrons. The minimum absolute atomic E-state index is 0.137. The van der Waals surface area contributed by atoms with Crippen LogP contribution in [0.3, 0.4) is 0 Å². The molecule has 1 amide bonds. The SMILES string of the molecule is CN(CC(=O)Nc1c(Cl)cccc1Cl)c1ncnc2sc3c(c12)CCC3. The maximum absolute atomic E-state index is 12.5. The van der Waals surface area contributed by atoms with Crippen LogP contribution in [0.15, 0.2) is 24.5 Å². The van der Waals surface area contributed by atoms with E-state index in [4.69, 9.17) is 23.2 Å². The van der Waals surface area contributed by atoms with E-state index in [0.29, 0.717) is 15.7 Å². The summed E-state index contributed by atoms with van der Waals surface area (Å²) in [6, 6.07) is 5.12. The molecule has 0 atom stereocenters. The van der Waals surface area contributed by atoms with Crippen molar-refractivity contribution in [2.75, 3.05) is 23.8 Å². The van der Waals surface area contributed by atoms with Crippen LogP contribution in [0.25, 0.3) is 10.2 Å². The average molecular weight is 407 g/mol. The van der Waals surface area contributed by atoms with Crippen LogP contribution in [0.4, 0.5) is 11.5 Å². The largest absolute Gasteiger partial charge is 0.350 e. The highest BCUT2D eigenvalue weighted by atomic mass is 35.5. The third-order valence-corrected chi connectivity index (χ3v) is 6.28. The van der Waals surface area contributed by atoms with Crippen LogP contribution in [0.1, 0.15) is 16.9 Å². The molecule has 3 aromatic rings. The number of hydrogen-bond acceptors (Lipinski definition) is 5. The molecule has 1 aromatic carbocycles. The van der Waals surface area contributed by atoms with Crippen LogP contribution >= 0.6 is 34.5 Å². The van der Waals surface area contributed by atoms with Crippen molar-refractivity contribution in [1.29, 1.82) is 0 Å². The summed E-state index contributed by atoms with van der Waals surface area (Å²) < 4.78 is 0. The summed E-state index contributed by atoms with van der Waals surface area (Å²) in [6.45, 7) is 0.137. The second-order valence-electron chi connectivity index (χ2n) is 6.24. The lowest BCUT2D eigenvalue weighted by atomic mass is 10.2. The van der Waals surface area contributed by atoms with Crippen molar-refractivity contribution in [3.05, 3.63) is 45.0 Å². The molecule has 1 aliphatic carbocycles. The van der Waals surface area contributed by atoms with E-state index >= 15 is 0 Å². The molecule has 0 saturated heterocycles. The quantitative estimate of drug-likeness (QED) is 0.689. The number of halogens is 2. The van der Waals surface area contributed by atoms with Gasteiger partial charge in [-0.3, -0.25) is 4.79 Å². The molecule has 0 saturated carbocycles. The second kappa shape index (κ2) is 7.02. The van der Waals surface area contributed by atoms with Crippen LogP contribution in [-0.4, -0.2) is 29.5 Å². The second-order valence-corrected chi connectivity index (χ2v) is 8.13. The van der Waals surface area contributed by atoms with E-state index in [1.807, 2.05) is 11.9 Å². The fourth-order valence-corrected chi connectivity index (χ4v) is 5.00. The minimum Gasteiger partial charge on any atom is -0.350 e. The standard InChI is InChI=1S/C18H16Cl2N4OS/c1-24(8-14(25)23-16-11(19)5-3-6-12(16)20)17-15-10-4-2-7-13(10)26-18(15)22-9-21-17/h3,5-6,9H,2,4,7-8H2,1H3,(H,23,25). The molecule has 8 heteroatoms. The van der Waals surface area contributed by atoms with Crippen molar-refractivity contribution in [2.45, 2.75) is 19.3 Å². The Hall–Kier alpha value is -1.89. The molecule has 1 aliphatic rings. The summed E-state index contributed by atoms with van der Waals surface area (Å²) in [6.07, 6.45) is 4.87. The number of hydrogen-bond donors (Lipinski definition) is 1. The number of aromatic nitrogens is 2. The van der Waals surface area contributed by atoms with Crippen molar-refractivity contribution < 1.29 is 4.79 Å². The van der Waals surface area contributed by atoms with E-state index in [0.717, 1.165) is 28.9 Å². The van der Waals surface area contributed by atoms with Gasteiger partial charge in [0.05, 0.1) is 27.7 Å².